The summed E-state index contributed by atoms with van der Waals surface area (Å²) in [4.78, 5) is 27.0. The van der Waals surface area contributed by atoms with Crippen LogP contribution in [-0.2, 0) is 16.0 Å². The fraction of sp³-hybridized carbons (Fsp3) is 0.300. The van der Waals surface area contributed by atoms with Gasteiger partial charge in [0.2, 0.25) is 11.8 Å². The number of nitrogens with zero attached hydrogens (tertiary/aromatic N) is 1. The summed E-state index contributed by atoms with van der Waals surface area (Å²) in [5.74, 6) is 1.21. The first-order valence-corrected chi connectivity index (χ1v) is 8.46. The van der Waals surface area contributed by atoms with Gasteiger partial charge in [-0.2, -0.15) is 0 Å². The lowest BCUT2D eigenvalue weighted by Gasteiger charge is -2.35. The van der Waals surface area contributed by atoms with Gasteiger partial charge in [0.1, 0.15) is 17.5 Å². The number of hydrogen-bond donors (Lipinski definition) is 1. The maximum absolute atomic E-state index is 12.9. The molecule has 1 N–H and O–H groups in total. The summed E-state index contributed by atoms with van der Waals surface area (Å²) >= 11 is 0. The fourth-order valence-electron chi connectivity index (χ4n) is 3.07. The average molecular weight is 354 g/mol. The lowest BCUT2D eigenvalue weighted by molar-refractivity contribution is -0.143. The molecule has 0 spiro atoms. The molecule has 3 rings (SSSR count). The predicted molar refractivity (Wildman–Crippen MR) is 97.2 cm³/mol. The minimum Gasteiger partial charge on any atom is -0.497 e. The number of carbonyl (C=O) groups excluding carboxylic acids is 2. The molecule has 2 aromatic rings. The number of amides is 2. The number of benzene rings is 2. The molecule has 1 fully saturated rings. The largest absolute Gasteiger partial charge is 0.497 e. The second-order valence-corrected chi connectivity index (χ2v) is 6.08. The number of methoxy groups -OCH3 is 2. The van der Waals surface area contributed by atoms with Gasteiger partial charge < -0.3 is 19.7 Å². The van der Waals surface area contributed by atoms with Gasteiger partial charge in [-0.1, -0.05) is 24.3 Å². The molecular formula is C20H22N2O4. The van der Waals surface area contributed by atoms with Gasteiger partial charge >= 0.3 is 0 Å². The molecule has 1 heterocycles. The second kappa shape index (κ2) is 7.91. The third-order valence-electron chi connectivity index (χ3n) is 4.48. The number of nitrogens with one attached hydrogen (secondary N) is 1. The predicted octanol–water partition coefficient (Wildman–Crippen LogP) is 1.95. The van der Waals surface area contributed by atoms with E-state index in [1.54, 1.807) is 31.3 Å². The van der Waals surface area contributed by atoms with Crippen molar-refractivity contribution >= 4 is 11.8 Å². The van der Waals surface area contributed by atoms with E-state index in [0.29, 0.717) is 18.8 Å². The molecule has 0 radical (unpaired) electrons. The highest BCUT2D eigenvalue weighted by Gasteiger charge is 2.34. The lowest BCUT2D eigenvalue weighted by Crippen LogP contribution is -2.52. The van der Waals surface area contributed by atoms with Crippen LogP contribution >= 0.6 is 0 Å². The molecule has 6 nitrogen and oxygen atoms in total. The van der Waals surface area contributed by atoms with E-state index in [0.717, 1.165) is 16.9 Å². The number of rotatable bonds is 5. The Morgan fingerprint density at radius 3 is 2.19 bits per heavy atom. The van der Waals surface area contributed by atoms with Gasteiger partial charge in [-0.25, -0.2) is 0 Å². The van der Waals surface area contributed by atoms with Gasteiger partial charge in [0.15, 0.2) is 0 Å². The van der Waals surface area contributed by atoms with Crippen molar-refractivity contribution in [2.24, 2.45) is 0 Å². The van der Waals surface area contributed by atoms with Crippen LogP contribution in [0.5, 0.6) is 11.5 Å². The summed E-state index contributed by atoms with van der Waals surface area (Å²) < 4.78 is 10.3. The van der Waals surface area contributed by atoms with Crippen LogP contribution in [0, 0.1) is 0 Å². The Labute approximate surface area is 152 Å². The van der Waals surface area contributed by atoms with Crippen molar-refractivity contribution in [3.63, 3.8) is 0 Å². The van der Waals surface area contributed by atoms with Crippen molar-refractivity contribution in [2.45, 2.75) is 12.5 Å². The minimum absolute atomic E-state index is 0.0779. The van der Waals surface area contributed by atoms with Gasteiger partial charge in [0.05, 0.1) is 20.6 Å². The summed E-state index contributed by atoms with van der Waals surface area (Å²) in [6.45, 7) is 0.942. The van der Waals surface area contributed by atoms with E-state index in [4.69, 9.17) is 9.47 Å². The van der Waals surface area contributed by atoms with E-state index in [1.165, 1.54) is 0 Å². The Kier molecular flexibility index (Phi) is 5.41. The van der Waals surface area contributed by atoms with E-state index in [9.17, 15) is 9.59 Å². The van der Waals surface area contributed by atoms with Crippen LogP contribution in [0.25, 0.3) is 0 Å². The molecule has 1 saturated heterocycles. The Balaban J connectivity index is 1.79. The zero-order valence-electron chi connectivity index (χ0n) is 14.9. The molecule has 1 aliphatic rings. The molecule has 0 saturated carbocycles. The maximum atomic E-state index is 12.9. The number of piperazine rings is 1. The molecule has 2 amide bonds. The highest BCUT2D eigenvalue weighted by Crippen LogP contribution is 2.26. The van der Waals surface area contributed by atoms with Crippen LogP contribution in [0.15, 0.2) is 48.5 Å². The fourth-order valence-corrected chi connectivity index (χ4v) is 3.07. The summed E-state index contributed by atoms with van der Waals surface area (Å²) in [6, 6.07) is 14.0. The topological polar surface area (TPSA) is 67.9 Å². The standard InChI is InChI=1S/C20H22N2O4/c1-25-16-7-3-14(4-8-16)13-18(23)22-12-11-21-20(24)19(22)15-5-9-17(26-2)10-6-15/h3-10,19H,11-13H2,1-2H3,(H,21,24). The molecule has 1 unspecified atom stereocenters. The van der Waals surface area contributed by atoms with Crippen molar-refractivity contribution in [1.82, 2.24) is 10.2 Å². The zero-order chi connectivity index (χ0) is 18.5. The molecule has 136 valence electrons. The quantitative estimate of drug-likeness (QED) is 0.891. The first-order chi connectivity index (χ1) is 12.6. The van der Waals surface area contributed by atoms with Crippen LogP contribution in [0.3, 0.4) is 0 Å². The smallest absolute Gasteiger partial charge is 0.247 e. The Morgan fingerprint density at radius 2 is 1.62 bits per heavy atom. The monoisotopic (exact) mass is 354 g/mol. The Hall–Kier alpha value is -3.02. The maximum Gasteiger partial charge on any atom is 0.247 e. The number of hydrogen-bond acceptors (Lipinski definition) is 4. The Morgan fingerprint density at radius 1 is 1.04 bits per heavy atom. The molecule has 6 heteroatoms. The van der Waals surface area contributed by atoms with Crippen LogP contribution < -0.4 is 14.8 Å². The first kappa shape index (κ1) is 17.8. The van der Waals surface area contributed by atoms with Gasteiger partial charge in [-0.3, -0.25) is 9.59 Å². The third kappa shape index (κ3) is 3.79. The van der Waals surface area contributed by atoms with Crippen molar-refractivity contribution in [2.75, 3.05) is 27.3 Å². The van der Waals surface area contributed by atoms with Crippen LogP contribution in [-0.4, -0.2) is 44.0 Å². The summed E-state index contributed by atoms with van der Waals surface area (Å²) in [5.41, 5.74) is 1.65. The van der Waals surface area contributed by atoms with Crippen molar-refractivity contribution < 1.29 is 19.1 Å². The summed E-state index contributed by atoms with van der Waals surface area (Å²) in [6.07, 6.45) is 0.240. The third-order valence-corrected chi connectivity index (χ3v) is 4.48. The van der Waals surface area contributed by atoms with E-state index >= 15 is 0 Å². The van der Waals surface area contributed by atoms with E-state index < -0.39 is 6.04 Å². The summed E-state index contributed by atoms with van der Waals surface area (Å²) in [5, 5.41) is 2.84. The van der Waals surface area contributed by atoms with Crippen LogP contribution in [0.4, 0.5) is 0 Å². The normalized spacial score (nSPS) is 16.8. The molecule has 1 atom stereocenters. The number of carbonyl (C=O) groups is 2. The molecule has 1 aliphatic heterocycles. The van der Waals surface area contributed by atoms with Crippen LogP contribution in [0.1, 0.15) is 17.2 Å². The molecular weight excluding hydrogens is 332 g/mol. The molecule has 2 aromatic carbocycles. The first-order valence-electron chi connectivity index (χ1n) is 8.46. The van der Waals surface area contributed by atoms with E-state index in [-0.39, 0.29) is 18.2 Å². The average Bonchev–Trinajstić information content (AvgIpc) is 2.68. The second-order valence-electron chi connectivity index (χ2n) is 6.08. The van der Waals surface area contributed by atoms with Gasteiger partial charge in [0.25, 0.3) is 0 Å². The highest BCUT2D eigenvalue weighted by molar-refractivity contribution is 5.90. The molecule has 0 aliphatic carbocycles. The van der Waals surface area contributed by atoms with Crippen molar-refractivity contribution in [1.29, 1.82) is 0 Å². The van der Waals surface area contributed by atoms with Gasteiger partial charge in [0, 0.05) is 13.1 Å². The summed E-state index contributed by atoms with van der Waals surface area (Å²) in [7, 11) is 3.19. The van der Waals surface area contributed by atoms with Crippen molar-refractivity contribution in [3.8, 4) is 11.5 Å². The highest BCUT2D eigenvalue weighted by atomic mass is 16.5. The van der Waals surface area contributed by atoms with Gasteiger partial charge in [-0.15, -0.1) is 0 Å². The van der Waals surface area contributed by atoms with E-state index in [2.05, 4.69) is 5.32 Å². The Bertz CT molecular complexity index is 771. The SMILES string of the molecule is COc1ccc(CC(=O)N2CCNC(=O)C2c2ccc(OC)cc2)cc1. The van der Waals surface area contributed by atoms with Crippen molar-refractivity contribution in [3.05, 3.63) is 59.7 Å². The van der Waals surface area contributed by atoms with E-state index in [1.807, 2.05) is 36.4 Å². The molecule has 26 heavy (non-hydrogen) atoms. The number of ether oxygens (including phenoxy) is 2. The molecule has 0 aromatic heterocycles. The molecule has 0 bridgehead atoms. The minimum atomic E-state index is -0.625. The van der Waals surface area contributed by atoms with Crippen LogP contribution in [0.2, 0.25) is 0 Å². The lowest BCUT2D eigenvalue weighted by atomic mass is 10.0. The zero-order valence-corrected chi connectivity index (χ0v) is 14.9. The van der Waals surface area contributed by atoms with Gasteiger partial charge in [-0.05, 0) is 35.4 Å².